The third-order valence-corrected chi connectivity index (χ3v) is 2.60. The van der Waals surface area contributed by atoms with Gasteiger partial charge in [0.2, 0.25) is 0 Å². The maximum Gasteiger partial charge on any atom is 0.303 e. The molecule has 18 heavy (non-hydrogen) atoms. The molecule has 0 unspecified atom stereocenters. The molecule has 4 nitrogen and oxygen atoms in total. The molecule has 0 aliphatic carbocycles. The van der Waals surface area contributed by atoms with Crippen LogP contribution < -0.4 is 0 Å². The monoisotopic (exact) mass is 262 g/mol. The van der Waals surface area contributed by atoms with Crippen LogP contribution in [0.15, 0.2) is 0 Å². The van der Waals surface area contributed by atoms with Gasteiger partial charge in [-0.1, -0.05) is 52.9 Å². The number of aliphatic carboxylic acids is 1. The molecule has 0 saturated carbocycles. The average molecular weight is 262 g/mol. The Kier molecular flexibility index (Phi) is 14.1. The van der Waals surface area contributed by atoms with Gasteiger partial charge in [0.05, 0.1) is 13.2 Å². The van der Waals surface area contributed by atoms with Gasteiger partial charge < -0.3 is 15.3 Å². The van der Waals surface area contributed by atoms with Crippen LogP contribution in [-0.4, -0.2) is 34.5 Å². The first-order valence-electron chi connectivity index (χ1n) is 6.83. The first-order chi connectivity index (χ1) is 8.39. The maximum absolute atomic E-state index is 10.1. The largest absolute Gasteiger partial charge is 0.481 e. The molecule has 4 heteroatoms. The zero-order valence-electron chi connectivity index (χ0n) is 12.1. The molecule has 3 N–H and O–H groups in total. The Balaban J connectivity index is 0. The van der Waals surface area contributed by atoms with E-state index in [2.05, 4.69) is 6.92 Å². The first kappa shape index (κ1) is 19.7. The van der Waals surface area contributed by atoms with Crippen molar-refractivity contribution in [3.05, 3.63) is 0 Å². The van der Waals surface area contributed by atoms with Crippen LogP contribution in [0.3, 0.4) is 0 Å². The topological polar surface area (TPSA) is 77.8 Å². The molecular weight excluding hydrogens is 232 g/mol. The van der Waals surface area contributed by atoms with E-state index in [1.165, 1.54) is 25.7 Å². The number of carboxylic acid groups (broad SMARTS) is 1. The lowest BCUT2D eigenvalue weighted by Gasteiger charge is -2.16. The minimum Gasteiger partial charge on any atom is -0.481 e. The zero-order valence-corrected chi connectivity index (χ0v) is 12.1. The van der Waals surface area contributed by atoms with Gasteiger partial charge >= 0.3 is 5.97 Å². The molecule has 0 aliphatic heterocycles. The summed E-state index contributed by atoms with van der Waals surface area (Å²) in [4.78, 5) is 10.1. The fraction of sp³-hybridized carbons (Fsp3) is 0.929. The summed E-state index contributed by atoms with van der Waals surface area (Å²) >= 11 is 0. The molecule has 0 heterocycles. The molecular formula is C14H30O4. The number of aliphatic hydroxyl groups is 2. The summed E-state index contributed by atoms with van der Waals surface area (Å²) in [5, 5.41) is 25.2. The smallest absolute Gasteiger partial charge is 0.303 e. The van der Waals surface area contributed by atoms with Gasteiger partial charge in [0.1, 0.15) is 0 Å². The predicted molar refractivity (Wildman–Crippen MR) is 73.6 cm³/mol. The normalized spacial score (nSPS) is 10.7. The van der Waals surface area contributed by atoms with Gasteiger partial charge in [0.15, 0.2) is 0 Å². The summed E-state index contributed by atoms with van der Waals surface area (Å²) in [5.74, 6) is -0.666. The van der Waals surface area contributed by atoms with Gasteiger partial charge in [-0.25, -0.2) is 0 Å². The Bertz CT molecular complexity index is 184. The lowest BCUT2D eigenvalue weighted by atomic mass is 9.97. The Morgan fingerprint density at radius 2 is 1.39 bits per heavy atom. The van der Waals surface area contributed by atoms with Crippen LogP contribution in [0.4, 0.5) is 0 Å². The van der Waals surface area contributed by atoms with E-state index in [0.29, 0.717) is 6.42 Å². The molecule has 0 bridgehead atoms. The summed E-state index contributed by atoms with van der Waals surface area (Å²) in [6.45, 7) is 5.87. The molecule has 0 spiro atoms. The second-order valence-corrected chi connectivity index (χ2v) is 5.39. The molecule has 0 amide bonds. The highest BCUT2D eigenvalue weighted by Gasteiger charge is 2.13. The molecule has 0 atom stereocenters. The number of carbonyl (C=O) groups is 1. The predicted octanol–water partition coefficient (Wildman–Crippen LogP) is 2.82. The molecule has 0 aromatic heterocycles. The van der Waals surface area contributed by atoms with E-state index in [-0.39, 0.29) is 18.6 Å². The van der Waals surface area contributed by atoms with E-state index >= 15 is 0 Å². The Morgan fingerprint density at radius 3 is 1.72 bits per heavy atom. The Labute approximate surface area is 111 Å². The molecule has 0 aromatic carbocycles. The lowest BCUT2D eigenvalue weighted by molar-refractivity contribution is -0.137. The number of unbranched alkanes of at least 4 members (excludes halogenated alkanes) is 5. The van der Waals surface area contributed by atoms with Crippen LogP contribution in [-0.2, 0) is 4.79 Å². The van der Waals surface area contributed by atoms with Crippen LogP contribution in [0.2, 0.25) is 0 Å². The third kappa shape index (κ3) is 17.8. The summed E-state index contributed by atoms with van der Waals surface area (Å²) in [6.07, 6.45) is 7.25. The second-order valence-electron chi connectivity index (χ2n) is 5.39. The van der Waals surface area contributed by atoms with Crippen molar-refractivity contribution in [2.24, 2.45) is 5.41 Å². The Hall–Kier alpha value is -0.610. The quantitative estimate of drug-likeness (QED) is 0.558. The standard InChI is InChI=1S/C9H18O2.C5H12O2/c1-2-3-4-5-6-7-8-9(10)11;1-5(2,3-6)4-7/h2-8H2,1H3,(H,10,11);6-7H,3-4H2,1-2H3. The summed E-state index contributed by atoms with van der Waals surface area (Å²) in [7, 11) is 0. The SMILES string of the molecule is CC(C)(CO)CO.CCCCCCCCC(=O)O. The number of hydrogen-bond acceptors (Lipinski definition) is 3. The number of hydrogen-bond donors (Lipinski definition) is 3. The minimum absolute atomic E-state index is 0.0451. The van der Waals surface area contributed by atoms with Crippen molar-refractivity contribution in [1.82, 2.24) is 0 Å². The molecule has 0 radical (unpaired) electrons. The average Bonchev–Trinajstić information content (AvgIpc) is 2.34. The van der Waals surface area contributed by atoms with Gasteiger partial charge in [-0.05, 0) is 6.42 Å². The highest BCUT2D eigenvalue weighted by Crippen LogP contribution is 2.10. The molecule has 110 valence electrons. The lowest BCUT2D eigenvalue weighted by Crippen LogP contribution is -2.20. The van der Waals surface area contributed by atoms with Crippen molar-refractivity contribution in [1.29, 1.82) is 0 Å². The summed E-state index contributed by atoms with van der Waals surface area (Å²) < 4.78 is 0. The van der Waals surface area contributed by atoms with Crippen molar-refractivity contribution in [2.45, 2.75) is 65.7 Å². The van der Waals surface area contributed by atoms with Crippen LogP contribution in [0.25, 0.3) is 0 Å². The molecule has 0 fully saturated rings. The highest BCUT2D eigenvalue weighted by molar-refractivity contribution is 5.66. The highest BCUT2D eigenvalue weighted by atomic mass is 16.4. The van der Waals surface area contributed by atoms with Crippen molar-refractivity contribution in [2.75, 3.05) is 13.2 Å². The van der Waals surface area contributed by atoms with E-state index in [4.69, 9.17) is 15.3 Å². The van der Waals surface area contributed by atoms with Crippen LogP contribution in [0.1, 0.15) is 65.7 Å². The second kappa shape index (κ2) is 12.8. The van der Waals surface area contributed by atoms with Crippen LogP contribution in [0, 0.1) is 5.41 Å². The molecule has 0 aromatic rings. The van der Waals surface area contributed by atoms with E-state index < -0.39 is 5.97 Å². The van der Waals surface area contributed by atoms with Crippen LogP contribution in [0.5, 0.6) is 0 Å². The van der Waals surface area contributed by atoms with Crippen molar-refractivity contribution in [3.8, 4) is 0 Å². The van der Waals surface area contributed by atoms with Crippen molar-refractivity contribution >= 4 is 5.97 Å². The molecule has 0 aliphatic rings. The fourth-order valence-corrected chi connectivity index (χ4v) is 1.11. The third-order valence-electron chi connectivity index (χ3n) is 2.60. The van der Waals surface area contributed by atoms with E-state index in [0.717, 1.165) is 12.8 Å². The first-order valence-corrected chi connectivity index (χ1v) is 6.83. The summed E-state index contributed by atoms with van der Waals surface area (Å²) in [6, 6.07) is 0. The van der Waals surface area contributed by atoms with Gasteiger partial charge in [0, 0.05) is 11.8 Å². The molecule has 0 saturated heterocycles. The van der Waals surface area contributed by atoms with Gasteiger partial charge in [-0.3, -0.25) is 4.79 Å². The zero-order chi connectivity index (χ0) is 14.4. The van der Waals surface area contributed by atoms with E-state index in [1.54, 1.807) is 13.8 Å². The molecule has 0 rings (SSSR count). The Morgan fingerprint density at radius 1 is 0.944 bits per heavy atom. The van der Waals surface area contributed by atoms with E-state index in [9.17, 15) is 4.79 Å². The fourth-order valence-electron chi connectivity index (χ4n) is 1.11. The number of rotatable bonds is 9. The summed E-state index contributed by atoms with van der Waals surface area (Å²) in [5.41, 5.74) is -0.306. The van der Waals surface area contributed by atoms with Gasteiger partial charge in [0.25, 0.3) is 0 Å². The van der Waals surface area contributed by atoms with Gasteiger partial charge in [-0.2, -0.15) is 0 Å². The minimum atomic E-state index is -0.666. The van der Waals surface area contributed by atoms with E-state index in [1.807, 2.05) is 0 Å². The maximum atomic E-state index is 10.1. The van der Waals surface area contributed by atoms with Crippen molar-refractivity contribution in [3.63, 3.8) is 0 Å². The van der Waals surface area contributed by atoms with Crippen LogP contribution >= 0.6 is 0 Å². The number of aliphatic hydroxyl groups excluding tert-OH is 2. The number of carboxylic acids is 1. The van der Waals surface area contributed by atoms with Gasteiger partial charge in [-0.15, -0.1) is 0 Å². The van der Waals surface area contributed by atoms with Crippen molar-refractivity contribution < 1.29 is 20.1 Å².